The Kier molecular flexibility index (Phi) is 14.7. The minimum atomic E-state index is 0.713. The lowest BCUT2D eigenvalue weighted by atomic mass is 9.83. The van der Waals surface area contributed by atoms with Gasteiger partial charge in [0.25, 0.3) is 0 Å². The lowest BCUT2D eigenvalue weighted by Gasteiger charge is -2.22. The third-order valence-electron chi connectivity index (χ3n) is 6.60. The average molecular weight is 405 g/mol. The zero-order valence-electron chi connectivity index (χ0n) is 20.8. The van der Waals surface area contributed by atoms with E-state index in [2.05, 4.69) is 52.2 Å². The van der Waals surface area contributed by atoms with Crippen LogP contribution in [0.5, 0.6) is 0 Å². The van der Waals surface area contributed by atoms with Gasteiger partial charge in [-0.15, -0.1) is 0 Å². The van der Waals surface area contributed by atoms with Crippen LogP contribution in [0.3, 0.4) is 0 Å². The first-order valence-corrected chi connectivity index (χ1v) is 13.0. The Balaban J connectivity index is 2.96. The summed E-state index contributed by atoms with van der Waals surface area (Å²) in [5.41, 5.74) is 7.06. The fourth-order valence-corrected chi connectivity index (χ4v) is 4.91. The second kappa shape index (κ2) is 16.1. The molecule has 1 aliphatic carbocycles. The highest BCUT2D eigenvalue weighted by atomic mass is 14.8. The van der Waals surface area contributed by atoms with Crippen LogP contribution in [0.2, 0.25) is 0 Å². The molecule has 0 heterocycles. The largest absolute Gasteiger partial charge is 0.316 e. The quantitative estimate of drug-likeness (QED) is 0.232. The van der Waals surface area contributed by atoms with Crippen LogP contribution < -0.4 is 10.6 Å². The van der Waals surface area contributed by atoms with Crippen LogP contribution in [0.4, 0.5) is 0 Å². The Morgan fingerprint density at radius 2 is 1.24 bits per heavy atom. The molecule has 2 heteroatoms. The molecular formula is C27H52N2. The van der Waals surface area contributed by atoms with Crippen molar-refractivity contribution in [3.8, 4) is 0 Å². The molecular weight excluding hydrogens is 352 g/mol. The molecule has 0 aromatic carbocycles. The molecule has 2 atom stereocenters. The predicted octanol–water partition coefficient (Wildman–Crippen LogP) is 7.42. The van der Waals surface area contributed by atoms with Crippen LogP contribution in [0, 0.1) is 11.8 Å². The van der Waals surface area contributed by atoms with Crippen LogP contribution in [0.25, 0.3) is 0 Å². The molecule has 1 rings (SSSR count). The van der Waals surface area contributed by atoms with Crippen molar-refractivity contribution in [1.29, 1.82) is 0 Å². The molecule has 0 saturated carbocycles. The van der Waals surface area contributed by atoms with Gasteiger partial charge in [-0.3, -0.25) is 0 Å². The molecule has 0 saturated heterocycles. The normalized spacial score (nSPS) is 16.8. The van der Waals surface area contributed by atoms with Gasteiger partial charge in [-0.2, -0.15) is 0 Å². The Morgan fingerprint density at radius 1 is 0.690 bits per heavy atom. The molecule has 29 heavy (non-hydrogen) atoms. The first-order chi connectivity index (χ1) is 14.1. The van der Waals surface area contributed by atoms with Gasteiger partial charge in [-0.1, -0.05) is 78.4 Å². The second-order valence-electron chi connectivity index (χ2n) is 9.28. The molecule has 0 spiro atoms. The fourth-order valence-electron chi connectivity index (χ4n) is 4.91. The summed E-state index contributed by atoms with van der Waals surface area (Å²) in [5, 5.41) is 7.39. The molecule has 2 unspecified atom stereocenters. The minimum Gasteiger partial charge on any atom is -0.316 e. The molecule has 170 valence electrons. The number of allylic oxidation sites excluding steroid dienone is 2. The van der Waals surface area contributed by atoms with Gasteiger partial charge >= 0.3 is 0 Å². The third-order valence-corrected chi connectivity index (χ3v) is 6.60. The Labute approximate surface area is 183 Å². The maximum Gasteiger partial charge on any atom is -0.000826 e. The van der Waals surface area contributed by atoms with Crippen LogP contribution in [0.15, 0.2) is 22.3 Å². The predicted molar refractivity (Wildman–Crippen MR) is 132 cm³/mol. The van der Waals surface area contributed by atoms with E-state index in [1.807, 2.05) is 0 Å². The van der Waals surface area contributed by atoms with E-state index in [0.717, 1.165) is 19.0 Å². The summed E-state index contributed by atoms with van der Waals surface area (Å²) >= 11 is 0. The first kappa shape index (κ1) is 26.4. The fraction of sp³-hybridized carbons (Fsp3) is 0.852. The molecule has 0 aliphatic heterocycles. The van der Waals surface area contributed by atoms with Crippen LogP contribution in [-0.2, 0) is 0 Å². The van der Waals surface area contributed by atoms with Crippen LogP contribution in [-0.4, -0.2) is 26.2 Å². The van der Waals surface area contributed by atoms with Gasteiger partial charge in [0.1, 0.15) is 0 Å². The molecule has 0 radical (unpaired) electrons. The maximum atomic E-state index is 3.71. The monoisotopic (exact) mass is 404 g/mol. The van der Waals surface area contributed by atoms with Gasteiger partial charge in [-0.25, -0.2) is 0 Å². The SMILES string of the molecule is CCCCNCCC1=C(CCNCCCC)C(C(C)CCC)=C(C(C)CCC)C1. The summed E-state index contributed by atoms with van der Waals surface area (Å²) in [6.45, 7) is 18.8. The minimum absolute atomic E-state index is 0.713. The van der Waals surface area contributed by atoms with Crippen LogP contribution in [0.1, 0.15) is 112 Å². The van der Waals surface area contributed by atoms with Crippen molar-refractivity contribution >= 4 is 0 Å². The molecule has 0 bridgehead atoms. The van der Waals surface area contributed by atoms with Crippen molar-refractivity contribution in [2.45, 2.75) is 112 Å². The highest BCUT2D eigenvalue weighted by Gasteiger charge is 2.29. The smallest absolute Gasteiger partial charge is 0.000826 e. The first-order valence-electron chi connectivity index (χ1n) is 13.0. The van der Waals surface area contributed by atoms with Crippen molar-refractivity contribution in [3.63, 3.8) is 0 Å². The number of nitrogens with one attached hydrogen (secondary N) is 2. The zero-order chi connectivity index (χ0) is 21.5. The third kappa shape index (κ3) is 9.39. The maximum absolute atomic E-state index is 3.71. The highest BCUT2D eigenvalue weighted by molar-refractivity contribution is 5.49. The van der Waals surface area contributed by atoms with Gasteiger partial charge < -0.3 is 10.6 Å². The van der Waals surface area contributed by atoms with Gasteiger partial charge in [0.05, 0.1) is 0 Å². The Morgan fingerprint density at radius 3 is 1.79 bits per heavy atom. The van der Waals surface area contributed by atoms with Crippen molar-refractivity contribution in [2.75, 3.05) is 26.2 Å². The molecule has 0 aromatic heterocycles. The van der Waals surface area contributed by atoms with Gasteiger partial charge in [0.2, 0.25) is 0 Å². The number of unbranched alkanes of at least 4 members (excludes halogenated alkanes) is 2. The molecule has 0 aromatic rings. The van der Waals surface area contributed by atoms with E-state index in [-0.39, 0.29) is 0 Å². The second-order valence-corrected chi connectivity index (χ2v) is 9.28. The number of hydrogen-bond donors (Lipinski definition) is 2. The van der Waals surface area contributed by atoms with Crippen molar-refractivity contribution in [1.82, 2.24) is 10.6 Å². The summed E-state index contributed by atoms with van der Waals surface area (Å²) in [6.07, 6.45) is 14.1. The lowest BCUT2D eigenvalue weighted by molar-refractivity contribution is 0.552. The lowest BCUT2D eigenvalue weighted by Crippen LogP contribution is -2.19. The molecule has 0 amide bonds. The van der Waals surface area contributed by atoms with Gasteiger partial charge in [-0.05, 0) is 94.1 Å². The Bertz CT molecular complexity index is 489. The van der Waals surface area contributed by atoms with E-state index in [1.54, 1.807) is 22.3 Å². The van der Waals surface area contributed by atoms with Gasteiger partial charge in [0, 0.05) is 0 Å². The van der Waals surface area contributed by atoms with E-state index in [0.29, 0.717) is 5.92 Å². The van der Waals surface area contributed by atoms with Crippen molar-refractivity contribution in [3.05, 3.63) is 22.3 Å². The molecule has 2 nitrogen and oxygen atoms in total. The highest BCUT2D eigenvalue weighted by Crippen LogP contribution is 2.44. The van der Waals surface area contributed by atoms with E-state index in [9.17, 15) is 0 Å². The van der Waals surface area contributed by atoms with E-state index in [1.165, 1.54) is 83.7 Å². The van der Waals surface area contributed by atoms with E-state index >= 15 is 0 Å². The topological polar surface area (TPSA) is 24.1 Å². The average Bonchev–Trinajstić information content (AvgIpc) is 3.06. The number of rotatable bonds is 18. The standard InChI is InChI=1S/C27H52N2/c1-7-11-17-28-19-15-24-21-26(22(5)13-9-3)27(23(6)14-10-4)25(24)16-20-29-18-12-8-2/h22-23,28-29H,7-21H2,1-6H3. The zero-order valence-corrected chi connectivity index (χ0v) is 20.8. The summed E-state index contributed by atoms with van der Waals surface area (Å²) in [5.74, 6) is 1.45. The summed E-state index contributed by atoms with van der Waals surface area (Å²) < 4.78 is 0. The number of hydrogen-bond acceptors (Lipinski definition) is 2. The van der Waals surface area contributed by atoms with E-state index in [4.69, 9.17) is 0 Å². The summed E-state index contributed by atoms with van der Waals surface area (Å²) in [7, 11) is 0. The van der Waals surface area contributed by atoms with Crippen LogP contribution >= 0.6 is 0 Å². The van der Waals surface area contributed by atoms with Crippen molar-refractivity contribution in [2.24, 2.45) is 11.8 Å². The van der Waals surface area contributed by atoms with Crippen molar-refractivity contribution < 1.29 is 0 Å². The summed E-state index contributed by atoms with van der Waals surface area (Å²) in [6, 6.07) is 0. The van der Waals surface area contributed by atoms with Gasteiger partial charge in [0.15, 0.2) is 0 Å². The molecule has 2 N–H and O–H groups in total. The molecule has 0 fully saturated rings. The molecule has 1 aliphatic rings. The summed E-state index contributed by atoms with van der Waals surface area (Å²) in [4.78, 5) is 0. The van der Waals surface area contributed by atoms with E-state index < -0.39 is 0 Å². The Hall–Kier alpha value is -0.600.